The molecule has 4 heteroatoms. The molecule has 1 atom stereocenters. The van der Waals surface area contributed by atoms with E-state index in [1.165, 1.54) is 18.4 Å². The van der Waals surface area contributed by atoms with Gasteiger partial charge in [-0.25, -0.2) is 8.78 Å². The van der Waals surface area contributed by atoms with E-state index in [4.69, 9.17) is 16.3 Å². The van der Waals surface area contributed by atoms with Gasteiger partial charge < -0.3 is 4.74 Å². The van der Waals surface area contributed by atoms with Crippen molar-refractivity contribution in [2.24, 2.45) is 0 Å². The summed E-state index contributed by atoms with van der Waals surface area (Å²) < 4.78 is 28.6. The number of alkyl halides is 3. The van der Waals surface area contributed by atoms with E-state index in [0.717, 1.165) is 12.0 Å². The third-order valence-electron chi connectivity index (χ3n) is 2.92. The highest BCUT2D eigenvalue weighted by atomic mass is 35.5. The summed E-state index contributed by atoms with van der Waals surface area (Å²) in [6.45, 7) is 1.91. The van der Waals surface area contributed by atoms with Crippen LogP contribution in [0.15, 0.2) is 24.3 Å². The van der Waals surface area contributed by atoms with E-state index in [1.54, 1.807) is 0 Å². The quantitative estimate of drug-likeness (QED) is 0.460. The van der Waals surface area contributed by atoms with Crippen LogP contribution in [-0.4, -0.2) is 19.6 Å². The standard InChI is InChI=1S/C15H21ClF2O/c1-2-3-4-12-5-7-13(8-6-12)14(16)9-10-19-11-15(17)18/h5-8,14-15H,2-4,9-11H2,1H3. The Morgan fingerprint density at radius 2 is 1.89 bits per heavy atom. The molecule has 0 saturated carbocycles. The van der Waals surface area contributed by atoms with Crippen molar-refractivity contribution in [3.05, 3.63) is 35.4 Å². The van der Waals surface area contributed by atoms with Gasteiger partial charge in [-0.3, -0.25) is 0 Å². The Kier molecular flexibility index (Phi) is 7.99. The van der Waals surface area contributed by atoms with Gasteiger partial charge in [-0.15, -0.1) is 11.6 Å². The molecule has 0 aliphatic carbocycles. The third kappa shape index (κ3) is 6.88. The van der Waals surface area contributed by atoms with Crippen molar-refractivity contribution in [1.82, 2.24) is 0 Å². The summed E-state index contributed by atoms with van der Waals surface area (Å²) in [7, 11) is 0. The van der Waals surface area contributed by atoms with Gasteiger partial charge in [0.15, 0.2) is 0 Å². The van der Waals surface area contributed by atoms with Gasteiger partial charge in [0.1, 0.15) is 6.61 Å². The monoisotopic (exact) mass is 290 g/mol. The molecule has 0 aliphatic heterocycles. The summed E-state index contributed by atoms with van der Waals surface area (Å²) in [5.41, 5.74) is 2.32. The molecule has 0 aromatic heterocycles. The molecule has 0 heterocycles. The lowest BCUT2D eigenvalue weighted by Gasteiger charge is -2.11. The van der Waals surface area contributed by atoms with Gasteiger partial charge in [-0.05, 0) is 30.4 Å². The summed E-state index contributed by atoms with van der Waals surface area (Å²) in [6.07, 6.45) is 1.59. The van der Waals surface area contributed by atoms with Crippen molar-refractivity contribution < 1.29 is 13.5 Å². The molecule has 0 radical (unpaired) electrons. The van der Waals surface area contributed by atoms with Gasteiger partial charge in [0.05, 0.1) is 5.38 Å². The van der Waals surface area contributed by atoms with Crippen LogP contribution < -0.4 is 0 Å². The first-order valence-electron chi connectivity index (χ1n) is 6.72. The molecule has 19 heavy (non-hydrogen) atoms. The summed E-state index contributed by atoms with van der Waals surface area (Å²) in [5, 5.41) is -0.183. The molecular formula is C15H21ClF2O. The summed E-state index contributed by atoms with van der Waals surface area (Å²) in [5.74, 6) is 0. The molecule has 1 rings (SSSR count). The molecule has 0 bridgehead atoms. The Morgan fingerprint density at radius 1 is 1.21 bits per heavy atom. The molecule has 1 aromatic rings. The van der Waals surface area contributed by atoms with Crippen LogP contribution >= 0.6 is 11.6 Å². The topological polar surface area (TPSA) is 9.23 Å². The average Bonchev–Trinajstić information content (AvgIpc) is 2.41. The normalized spacial score (nSPS) is 12.9. The van der Waals surface area contributed by atoms with Crippen LogP contribution in [0.2, 0.25) is 0 Å². The highest BCUT2D eigenvalue weighted by molar-refractivity contribution is 6.20. The lowest BCUT2D eigenvalue weighted by atomic mass is 10.0. The minimum absolute atomic E-state index is 0.183. The lowest BCUT2D eigenvalue weighted by Crippen LogP contribution is -2.06. The average molecular weight is 291 g/mol. The zero-order valence-corrected chi connectivity index (χ0v) is 12.0. The second-order valence-corrected chi connectivity index (χ2v) is 5.09. The van der Waals surface area contributed by atoms with Gasteiger partial charge in [-0.1, -0.05) is 37.6 Å². The fourth-order valence-electron chi connectivity index (χ4n) is 1.80. The number of benzene rings is 1. The minimum Gasteiger partial charge on any atom is -0.375 e. The maximum Gasteiger partial charge on any atom is 0.261 e. The van der Waals surface area contributed by atoms with Crippen LogP contribution in [-0.2, 0) is 11.2 Å². The second kappa shape index (κ2) is 9.27. The van der Waals surface area contributed by atoms with Crippen LogP contribution in [0, 0.1) is 0 Å². The number of aryl methyl sites for hydroxylation is 1. The molecular weight excluding hydrogens is 270 g/mol. The molecule has 0 aliphatic rings. The first-order valence-corrected chi connectivity index (χ1v) is 7.16. The Hall–Kier alpha value is -0.670. The summed E-state index contributed by atoms with van der Waals surface area (Å²) in [4.78, 5) is 0. The van der Waals surface area contributed by atoms with E-state index in [9.17, 15) is 8.78 Å². The second-order valence-electron chi connectivity index (χ2n) is 4.57. The molecule has 1 unspecified atom stereocenters. The Morgan fingerprint density at radius 3 is 2.47 bits per heavy atom. The van der Waals surface area contributed by atoms with E-state index < -0.39 is 13.0 Å². The number of halogens is 3. The van der Waals surface area contributed by atoms with Crippen molar-refractivity contribution in [3.8, 4) is 0 Å². The third-order valence-corrected chi connectivity index (χ3v) is 3.39. The van der Waals surface area contributed by atoms with Gasteiger partial charge in [0, 0.05) is 6.61 Å². The van der Waals surface area contributed by atoms with Crippen LogP contribution in [0.1, 0.15) is 42.7 Å². The number of unbranched alkanes of at least 4 members (excludes halogenated alkanes) is 1. The predicted octanol–water partition coefficient (Wildman–Crippen LogP) is 4.98. The van der Waals surface area contributed by atoms with Gasteiger partial charge in [0.2, 0.25) is 0 Å². The zero-order chi connectivity index (χ0) is 14.1. The first kappa shape index (κ1) is 16.4. The highest BCUT2D eigenvalue weighted by Crippen LogP contribution is 2.24. The van der Waals surface area contributed by atoms with Gasteiger partial charge >= 0.3 is 0 Å². The number of rotatable bonds is 9. The molecule has 0 N–H and O–H groups in total. The van der Waals surface area contributed by atoms with E-state index in [0.29, 0.717) is 6.42 Å². The molecule has 108 valence electrons. The van der Waals surface area contributed by atoms with Crippen molar-refractivity contribution in [2.45, 2.75) is 44.4 Å². The molecule has 0 amide bonds. The number of hydrogen-bond acceptors (Lipinski definition) is 1. The largest absolute Gasteiger partial charge is 0.375 e. The van der Waals surface area contributed by atoms with Crippen LogP contribution in [0.3, 0.4) is 0 Å². The van der Waals surface area contributed by atoms with E-state index in [-0.39, 0.29) is 12.0 Å². The molecule has 0 fully saturated rings. The molecule has 1 nitrogen and oxygen atoms in total. The SMILES string of the molecule is CCCCc1ccc(C(Cl)CCOCC(F)F)cc1. The van der Waals surface area contributed by atoms with Crippen molar-refractivity contribution >= 4 is 11.6 Å². The molecule has 1 aromatic carbocycles. The molecule has 0 spiro atoms. The smallest absolute Gasteiger partial charge is 0.261 e. The van der Waals surface area contributed by atoms with E-state index in [1.807, 2.05) is 12.1 Å². The maximum atomic E-state index is 11.9. The van der Waals surface area contributed by atoms with E-state index >= 15 is 0 Å². The Balaban J connectivity index is 2.33. The van der Waals surface area contributed by atoms with E-state index in [2.05, 4.69) is 19.1 Å². The predicted molar refractivity (Wildman–Crippen MR) is 75.1 cm³/mol. The van der Waals surface area contributed by atoms with Crippen molar-refractivity contribution in [3.63, 3.8) is 0 Å². The molecule has 0 saturated heterocycles. The number of ether oxygens (including phenoxy) is 1. The minimum atomic E-state index is -2.41. The zero-order valence-electron chi connectivity index (χ0n) is 11.2. The van der Waals surface area contributed by atoms with Crippen LogP contribution in [0.5, 0.6) is 0 Å². The van der Waals surface area contributed by atoms with Crippen LogP contribution in [0.25, 0.3) is 0 Å². The summed E-state index contributed by atoms with van der Waals surface area (Å²) >= 11 is 6.21. The van der Waals surface area contributed by atoms with Crippen molar-refractivity contribution in [1.29, 1.82) is 0 Å². The fourth-order valence-corrected chi connectivity index (χ4v) is 2.03. The summed E-state index contributed by atoms with van der Waals surface area (Å²) in [6, 6.07) is 8.19. The van der Waals surface area contributed by atoms with Crippen LogP contribution in [0.4, 0.5) is 8.78 Å². The lowest BCUT2D eigenvalue weighted by molar-refractivity contribution is 0.0165. The van der Waals surface area contributed by atoms with Gasteiger partial charge in [0.25, 0.3) is 6.43 Å². The maximum absolute atomic E-state index is 11.9. The highest BCUT2D eigenvalue weighted by Gasteiger charge is 2.09. The Bertz CT molecular complexity index is 341. The fraction of sp³-hybridized carbons (Fsp3) is 0.600. The first-order chi connectivity index (χ1) is 9.13. The van der Waals surface area contributed by atoms with Gasteiger partial charge in [-0.2, -0.15) is 0 Å². The van der Waals surface area contributed by atoms with Crippen molar-refractivity contribution in [2.75, 3.05) is 13.2 Å². The Labute approximate surface area is 118 Å². The number of hydrogen-bond donors (Lipinski definition) is 0.